The van der Waals surface area contributed by atoms with Crippen molar-refractivity contribution in [3.05, 3.63) is 12.4 Å². The quantitative estimate of drug-likeness (QED) is 0.879. The molecule has 0 unspecified atom stereocenters. The molecule has 0 saturated carbocycles. The summed E-state index contributed by atoms with van der Waals surface area (Å²) in [7, 11) is 0. The van der Waals surface area contributed by atoms with Crippen LogP contribution < -0.4 is 15.4 Å². The monoisotopic (exact) mass is 264 g/mol. The van der Waals surface area contributed by atoms with Crippen molar-refractivity contribution in [2.45, 2.75) is 33.1 Å². The summed E-state index contributed by atoms with van der Waals surface area (Å²) in [6.07, 6.45) is 6.66. The molecule has 1 aromatic rings. The zero-order chi connectivity index (χ0) is 13.7. The number of aromatic nitrogens is 2. The van der Waals surface area contributed by atoms with Gasteiger partial charge in [-0.1, -0.05) is 13.8 Å². The lowest BCUT2D eigenvalue weighted by Crippen LogP contribution is -2.42. The van der Waals surface area contributed by atoms with Crippen LogP contribution in [-0.2, 0) is 0 Å². The van der Waals surface area contributed by atoms with Gasteiger partial charge in [0.2, 0.25) is 5.88 Å². The number of nitrogens with two attached hydrogens (primary N) is 1. The van der Waals surface area contributed by atoms with Gasteiger partial charge in [-0.15, -0.1) is 0 Å². The van der Waals surface area contributed by atoms with Crippen LogP contribution in [0.5, 0.6) is 5.88 Å². The molecule has 19 heavy (non-hydrogen) atoms. The van der Waals surface area contributed by atoms with Crippen LogP contribution >= 0.6 is 0 Å². The summed E-state index contributed by atoms with van der Waals surface area (Å²) in [6.45, 7) is 7.75. The molecular weight excluding hydrogens is 240 g/mol. The van der Waals surface area contributed by atoms with E-state index in [0.29, 0.717) is 12.5 Å². The van der Waals surface area contributed by atoms with E-state index in [9.17, 15) is 0 Å². The number of nitrogens with zero attached hydrogens (tertiary/aromatic N) is 3. The van der Waals surface area contributed by atoms with Crippen molar-refractivity contribution in [2.75, 3.05) is 31.1 Å². The lowest BCUT2D eigenvalue weighted by atomic mass is 9.80. The second kappa shape index (κ2) is 6.19. The summed E-state index contributed by atoms with van der Waals surface area (Å²) >= 11 is 0. The average Bonchev–Trinajstić information content (AvgIpc) is 2.46. The molecule has 0 radical (unpaired) electrons. The second-order valence-corrected chi connectivity index (χ2v) is 5.57. The molecule has 5 nitrogen and oxygen atoms in total. The summed E-state index contributed by atoms with van der Waals surface area (Å²) in [5, 5.41) is 0. The van der Waals surface area contributed by atoms with Gasteiger partial charge in [0.1, 0.15) is 0 Å². The average molecular weight is 264 g/mol. The van der Waals surface area contributed by atoms with E-state index in [1.807, 2.05) is 6.20 Å². The lowest BCUT2D eigenvalue weighted by Gasteiger charge is -2.39. The Morgan fingerprint density at radius 3 is 2.74 bits per heavy atom. The summed E-state index contributed by atoms with van der Waals surface area (Å²) in [5.74, 6) is 1.53. The van der Waals surface area contributed by atoms with Crippen molar-refractivity contribution < 1.29 is 4.74 Å². The van der Waals surface area contributed by atoms with Gasteiger partial charge in [-0.2, -0.15) is 4.98 Å². The predicted octanol–water partition coefficient (Wildman–Crippen LogP) is 1.83. The molecule has 0 aliphatic carbocycles. The van der Waals surface area contributed by atoms with E-state index in [-0.39, 0.29) is 5.41 Å². The van der Waals surface area contributed by atoms with Gasteiger partial charge in [0.25, 0.3) is 0 Å². The molecule has 0 amide bonds. The standard InChI is InChI=1S/C14H24N4O/c1-3-8-19-13-10-16-9-12(17-13)18-6-4-14(2,11-15)5-7-18/h9-10H,3-8,11,15H2,1-2H3. The molecule has 2 N–H and O–H groups in total. The molecule has 1 aliphatic heterocycles. The summed E-state index contributed by atoms with van der Waals surface area (Å²) in [6, 6.07) is 0. The van der Waals surface area contributed by atoms with Crippen LogP contribution in [0.4, 0.5) is 5.82 Å². The van der Waals surface area contributed by atoms with Gasteiger partial charge in [0.15, 0.2) is 5.82 Å². The molecule has 1 saturated heterocycles. The highest BCUT2D eigenvalue weighted by atomic mass is 16.5. The maximum Gasteiger partial charge on any atom is 0.234 e. The minimum atomic E-state index is 0.278. The van der Waals surface area contributed by atoms with Gasteiger partial charge in [-0.3, -0.25) is 4.98 Å². The van der Waals surface area contributed by atoms with E-state index in [4.69, 9.17) is 10.5 Å². The fraction of sp³-hybridized carbons (Fsp3) is 0.714. The van der Waals surface area contributed by atoms with Crippen LogP contribution in [0.15, 0.2) is 12.4 Å². The van der Waals surface area contributed by atoms with Crippen LogP contribution in [0.1, 0.15) is 33.1 Å². The molecule has 0 aromatic carbocycles. The number of rotatable bonds is 5. The molecule has 0 atom stereocenters. The van der Waals surface area contributed by atoms with Crippen LogP contribution in [0.2, 0.25) is 0 Å². The fourth-order valence-corrected chi connectivity index (χ4v) is 2.25. The first-order valence-electron chi connectivity index (χ1n) is 7.07. The van der Waals surface area contributed by atoms with Crippen LogP contribution in [0.25, 0.3) is 0 Å². The third-order valence-electron chi connectivity index (χ3n) is 3.84. The molecule has 1 fully saturated rings. The highest BCUT2D eigenvalue weighted by molar-refractivity contribution is 5.38. The third kappa shape index (κ3) is 3.56. The van der Waals surface area contributed by atoms with Crippen molar-refractivity contribution in [2.24, 2.45) is 11.1 Å². The first-order valence-corrected chi connectivity index (χ1v) is 7.07. The first kappa shape index (κ1) is 14.1. The van der Waals surface area contributed by atoms with Crippen molar-refractivity contribution in [1.29, 1.82) is 0 Å². The Hall–Kier alpha value is -1.36. The van der Waals surface area contributed by atoms with Gasteiger partial charge in [-0.05, 0) is 31.2 Å². The minimum absolute atomic E-state index is 0.278. The lowest BCUT2D eigenvalue weighted by molar-refractivity contribution is 0.257. The van der Waals surface area contributed by atoms with E-state index in [1.54, 1.807) is 6.20 Å². The normalized spacial score (nSPS) is 18.4. The highest BCUT2D eigenvalue weighted by Crippen LogP contribution is 2.31. The van der Waals surface area contributed by atoms with Crippen molar-refractivity contribution in [3.63, 3.8) is 0 Å². The number of hydrogen-bond donors (Lipinski definition) is 1. The van der Waals surface area contributed by atoms with E-state index in [0.717, 1.165) is 44.7 Å². The molecule has 0 bridgehead atoms. The zero-order valence-corrected chi connectivity index (χ0v) is 11.9. The molecule has 2 heterocycles. The van der Waals surface area contributed by atoms with Gasteiger partial charge in [0.05, 0.1) is 19.0 Å². The topological polar surface area (TPSA) is 64.3 Å². The van der Waals surface area contributed by atoms with Gasteiger partial charge in [0, 0.05) is 13.1 Å². The third-order valence-corrected chi connectivity index (χ3v) is 3.84. The number of piperidine rings is 1. The van der Waals surface area contributed by atoms with Crippen molar-refractivity contribution >= 4 is 5.82 Å². The molecule has 0 spiro atoms. The Morgan fingerprint density at radius 2 is 2.11 bits per heavy atom. The van der Waals surface area contributed by atoms with Crippen LogP contribution in [-0.4, -0.2) is 36.2 Å². The first-order chi connectivity index (χ1) is 9.17. The Morgan fingerprint density at radius 1 is 1.37 bits per heavy atom. The highest BCUT2D eigenvalue weighted by Gasteiger charge is 2.29. The van der Waals surface area contributed by atoms with Gasteiger partial charge in [-0.25, -0.2) is 0 Å². The van der Waals surface area contributed by atoms with Crippen molar-refractivity contribution in [1.82, 2.24) is 9.97 Å². The SMILES string of the molecule is CCCOc1cncc(N2CCC(C)(CN)CC2)n1. The Labute approximate surface area is 115 Å². The summed E-state index contributed by atoms with van der Waals surface area (Å²) in [4.78, 5) is 11.0. The van der Waals surface area contributed by atoms with E-state index in [1.165, 1.54) is 0 Å². The number of anilines is 1. The molecule has 5 heteroatoms. The Bertz CT molecular complexity index is 402. The maximum atomic E-state index is 5.83. The number of hydrogen-bond acceptors (Lipinski definition) is 5. The predicted molar refractivity (Wildman–Crippen MR) is 76.4 cm³/mol. The largest absolute Gasteiger partial charge is 0.477 e. The Kier molecular flexibility index (Phi) is 4.58. The smallest absolute Gasteiger partial charge is 0.234 e. The Balaban J connectivity index is 1.99. The summed E-state index contributed by atoms with van der Waals surface area (Å²) < 4.78 is 5.53. The minimum Gasteiger partial charge on any atom is -0.477 e. The molecule has 1 aromatic heterocycles. The van der Waals surface area contributed by atoms with Crippen LogP contribution in [0, 0.1) is 5.41 Å². The van der Waals surface area contributed by atoms with Crippen molar-refractivity contribution in [3.8, 4) is 5.88 Å². The van der Waals surface area contributed by atoms with Gasteiger partial charge < -0.3 is 15.4 Å². The molecule has 106 valence electrons. The van der Waals surface area contributed by atoms with E-state index < -0.39 is 0 Å². The van der Waals surface area contributed by atoms with E-state index >= 15 is 0 Å². The van der Waals surface area contributed by atoms with E-state index in [2.05, 4.69) is 28.7 Å². The molecule has 2 rings (SSSR count). The molecule has 1 aliphatic rings. The fourth-order valence-electron chi connectivity index (χ4n) is 2.25. The van der Waals surface area contributed by atoms with Crippen LogP contribution in [0.3, 0.4) is 0 Å². The zero-order valence-electron chi connectivity index (χ0n) is 11.9. The maximum absolute atomic E-state index is 5.83. The summed E-state index contributed by atoms with van der Waals surface area (Å²) in [5.41, 5.74) is 6.11. The number of ether oxygens (including phenoxy) is 1. The second-order valence-electron chi connectivity index (χ2n) is 5.57. The molecular formula is C14H24N4O. The van der Waals surface area contributed by atoms with Gasteiger partial charge >= 0.3 is 0 Å².